The van der Waals surface area contributed by atoms with Crippen LogP contribution in [0.25, 0.3) is 21.9 Å². The van der Waals surface area contributed by atoms with Crippen LogP contribution in [0.15, 0.2) is 23.0 Å². The van der Waals surface area contributed by atoms with E-state index in [0.717, 1.165) is 5.52 Å². The van der Waals surface area contributed by atoms with Crippen LogP contribution in [-0.2, 0) is 0 Å². The Morgan fingerprint density at radius 2 is 2.12 bits per heavy atom. The van der Waals surface area contributed by atoms with E-state index in [2.05, 4.69) is 29.4 Å². The number of benzene rings is 1. The zero-order valence-electron chi connectivity index (χ0n) is 8.54. The minimum atomic E-state index is -0.223. The van der Waals surface area contributed by atoms with Gasteiger partial charge in [-0.1, -0.05) is 17.7 Å². The van der Waals surface area contributed by atoms with Gasteiger partial charge in [-0.3, -0.25) is 9.78 Å². The maximum atomic E-state index is 12.0. The first kappa shape index (κ1) is 10.6. The Morgan fingerprint density at radius 1 is 1.29 bits per heavy atom. The third kappa shape index (κ3) is 1.51. The van der Waals surface area contributed by atoms with Gasteiger partial charge in [-0.25, -0.2) is 0 Å². The van der Waals surface area contributed by atoms with Gasteiger partial charge >= 0.3 is 0 Å². The van der Waals surface area contributed by atoms with Crippen LogP contribution in [0.2, 0.25) is 5.02 Å². The molecule has 17 heavy (non-hydrogen) atoms. The van der Waals surface area contributed by atoms with Crippen molar-refractivity contribution in [1.29, 1.82) is 0 Å². The van der Waals surface area contributed by atoms with Crippen LogP contribution in [0.5, 0.6) is 0 Å². The fraction of sp³-hybridized carbons (Fsp3) is 0. The van der Waals surface area contributed by atoms with Gasteiger partial charge in [0.25, 0.3) is 5.56 Å². The van der Waals surface area contributed by atoms with Crippen molar-refractivity contribution in [1.82, 2.24) is 15.0 Å². The molecule has 0 fully saturated rings. The van der Waals surface area contributed by atoms with Gasteiger partial charge in [-0.2, -0.15) is 4.98 Å². The standard InChI is InChI=1S/C10H8ClN4OP/c11-4-2-1-3-5-6(4)7-8(12-5)13-10(15-17)14-9(7)16/h1-3H,17H2,(H3,12,13,14,15,16). The van der Waals surface area contributed by atoms with Crippen molar-refractivity contribution in [3.8, 4) is 0 Å². The second-order valence-corrected chi connectivity index (χ2v) is 4.27. The molecule has 2 heterocycles. The van der Waals surface area contributed by atoms with Crippen LogP contribution in [-0.4, -0.2) is 15.0 Å². The number of rotatable bonds is 1. The predicted molar refractivity (Wildman–Crippen MR) is 72.6 cm³/mol. The summed E-state index contributed by atoms with van der Waals surface area (Å²) in [6.45, 7) is 0. The van der Waals surface area contributed by atoms with Crippen molar-refractivity contribution in [2.75, 3.05) is 5.09 Å². The third-order valence-corrected chi connectivity index (χ3v) is 3.16. The van der Waals surface area contributed by atoms with E-state index in [9.17, 15) is 4.79 Å². The van der Waals surface area contributed by atoms with E-state index in [1.807, 2.05) is 12.1 Å². The number of nitrogens with zero attached hydrogens (tertiary/aromatic N) is 1. The monoisotopic (exact) mass is 266 g/mol. The quantitative estimate of drug-likeness (QED) is 0.592. The van der Waals surface area contributed by atoms with Gasteiger partial charge in [0.1, 0.15) is 5.65 Å². The summed E-state index contributed by atoms with van der Waals surface area (Å²) in [5, 5.41) is 4.43. The molecule has 0 aliphatic carbocycles. The van der Waals surface area contributed by atoms with Gasteiger partial charge in [-0.15, -0.1) is 0 Å². The summed E-state index contributed by atoms with van der Waals surface area (Å²) in [6.07, 6.45) is 0. The molecule has 0 aliphatic rings. The second kappa shape index (κ2) is 3.72. The average molecular weight is 267 g/mol. The Morgan fingerprint density at radius 3 is 2.88 bits per heavy atom. The molecule has 86 valence electrons. The van der Waals surface area contributed by atoms with Crippen molar-refractivity contribution in [2.24, 2.45) is 0 Å². The molecular weight excluding hydrogens is 259 g/mol. The highest BCUT2D eigenvalue weighted by Gasteiger charge is 2.12. The van der Waals surface area contributed by atoms with Gasteiger partial charge in [-0.05, 0) is 21.5 Å². The number of aromatic nitrogens is 3. The smallest absolute Gasteiger partial charge is 0.262 e. The molecule has 0 saturated heterocycles. The summed E-state index contributed by atoms with van der Waals surface area (Å²) in [5.74, 6) is 0.384. The molecule has 0 radical (unpaired) electrons. The lowest BCUT2D eigenvalue weighted by Gasteiger charge is -1.97. The zero-order chi connectivity index (χ0) is 12.0. The zero-order valence-corrected chi connectivity index (χ0v) is 10.5. The van der Waals surface area contributed by atoms with Crippen LogP contribution in [0, 0.1) is 0 Å². The minimum Gasteiger partial charge on any atom is -0.340 e. The summed E-state index contributed by atoms with van der Waals surface area (Å²) < 4.78 is 0. The number of nitrogens with one attached hydrogen (secondary N) is 3. The van der Waals surface area contributed by atoms with E-state index in [1.165, 1.54) is 0 Å². The summed E-state index contributed by atoms with van der Waals surface area (Å²) in [5.41, 5.74) is 1.09. The molecule has 0 saturated carbocycles. The number of anilines is 1. The predicted octanol–water partition coefficient (Wildman–Crippen LogP) is 2.26. The number of H-pyrrole nitrogens is 2. The largest absolute Gasteiger partial charge is 0.340 e. The summed E-state index contributed by atoms with van der Waals surface area (Å²) >= 11 is 6.10. The number of hydrogen-bond donors (Lipinski definition) is 3. The molecule has 2 aromatic heterocycles. The van der Waals surface area contributed by atoms with Crippen LogP contribution < -0.4 is 10.6 Å². The molecule has 7 heteroatoms. The van der Waals surface area contributed by atoms with Crippen LogP contribution >= 0.6 is 21.0 Å². The molecule has 3 N–H and O–H groups in total. The van der Waals surface area contributed by atoms with Crippen molar-refractivity contribution >= 4 is 48.9 Å². The van der Waals surface area contributed by atoms with Crippen molar-refractivity contribution < 1.29 is 0 Å². The van der Waals surface area contributed by atoms with Crippen molar-refractivity contribution in [3.63, 3.8) is 0 Å². The van der Waals surface area contributed by atoms with Gasteiger partial charge in [0, 0.05) is 10.9 Å². The van der Waals surface area contributed by atoms with Gasteiger partial charge < -0.3 is 10.1 Å². The normalized spacial score (nSPS) is 11.2. The molecule has 0 bridgehead atoms. The lowest BCUT2D eigenvalue weighted by atomic mass is 10.2. The van der Waals surface area contributed by atoms with Crippen LogP contribution in [0.3, 0.4) is 0 Å². The average Bonchev–Trinajstić information content (AvgIpc) is 2.68. The molecule has 1 aromatic carbocycles. The maximum absolute atomic E-state index is 12.0. The number of hydrogen-bond acceptors (Lipinski definition) is 3. The highest BCUT2D eigenvalue weighted by Crippen LogP contribution is 2.28. The van der Waals surface area contributed by atoms with Crippen LogP contribution in [0.4, 0.5) is 5.95 Å². The highest BCUT2D eigenvalue weighted by atomic mass is 35.5. The van der Waals surface area contributed by atoms with E-state index in [1.54, 1.807) is 6.07 Å². The summed E-state index contributed by atoms with van der Waals surface area (Å²) in [4.78, 5) is 21.9. The molecule has 3 aromatic rings. The first-order chi connectivity index (χ1) is 8.20. The molecule has 1 atom stereocenters. The van der Waals surface area contributed by atoms with Gasteiger partial charge in [0.05, 0.1) is 10.4 Å². The Kier molecular flexibility index (Phi) is 2.31. The topological polar surface area (TPSA) is 73.6 Å². The lowest BCUT2D eigenvalue weighted by Crippen LogP contribution is -2.08. The highest BCUT2D eigenvalue weighted by molar-refractivity contribution is 7.18. The molecule has 1 unspecified atom stereocenters. The van der Waals surface area contributed by atoms with E-state index in [-0.39, 0.29) is 5.56 Å². The molecule has 0 amide bonds. The van der Waals surface area contributed by atoms with Gasteiger partial charge in [0.2, 0.25) is 5.95 Å². The Bertz CT molecular complexity index is 779. The Hall–Kier alpha value is -1.58. The summed E-state index contributed by atoms with van der Waals surface area (Å²) in [7, 11) is 2.28. The lowest BCUT2D eigenvalue weighted by molar-refractivity contribution is 1.18. The molecule has 5 nitrogen and oxygen atoms in total. The maximum Gasteiger partial charge on any atom is 0.262 e. The number of halogens is 1. The van der Waals surface area contributed by atoms with E-state index in [0.29, 0.717) is 27.4 Å². The Balaban J connectivity index is 2.58. The molecule has 0 aliphatic heterocycles. The van der Waals surface area contributed by atoms with E-state index in [4.69, 9.17) is 11.6 Å². The first-order valence-electron chi connectivity index (χ1n) is 4.87. The van der Waals surface area contributed by atoms with E-state index < -0.39 is 0 Å². The molecule has 3 rings (SSSR count). The number of fused-ring (bicyclic) bond motifs is 3. The Labute approximate surface area is 103 Å². The van der Waals surface area contributed by atoms with Crippen molar-refractivity contribution in [3.05, 3.63) is 33.6 Å². The van der Waals surface area contributed by atoms with Crippen LogP contribution in [0.1, 0.15) is 0 Å². The minimum absolute atomic E-state index is 0.223. The first-order valence-corrected chi connectivity index (χ1v) is 5.83. The van der Waals surface area contributed by atoms with Crippen molar-refractivity contribution in [2.45, 2.75) is 0 Å². The van der Waals surface area contributed by atoms with Gasteiger partial charge in [0.15, 0.2) is 0 Å². The third-order valence-electron chi connectivity index (χ3n) is 2.57. The summed E-state index contributed by atoms with van der Waals surface area (Å²) in [6, 6.07) is 5.43. The molecule has 0 spiro atoms. The SMILES string of the molecule is O=c1[nH]c(NP)nc2[nH]c3cccc(Cl)c3c12. The number of aromatic amines is 2. The second-order valence-electron chi connectivity index (χ2n) is 3.57. The fourth-order valence-electron chi connectivity index (χ4n) is 1.87. The van der Waals surface area contributed by atoms with E-state index >= 15 is 0 Å². The molecular formula is C10H8ClN4OP. The fourth-order valence-corrected chi connectivity index (χ4v) is 2.28.